The number of nitrogens with two attached hydrogens (primary N) is 1. The van der Waals surface area contributed by atoms with Crippen molar-refractivity contribution in [1.82, 2.24) is 14.7 Å². The zero-order valence-corrected chi connectivity index (χ0v) is 10.2. The standard InChI is InChI=1S/C11H18N4O2/c1-8-7-15(4-3-5-17-8)11(16)9-6-13-14(2)10(9)12/h6,8H,3-5,7,12H2,1-2H3. The average molecular weight is 238 g/mol. The Kier molecular flexibility index (Phi) is 3.33. The van der Waals surface area contributed by atoms with Crippen LogP contribution in [-0.2, 0) is 11.8 Å². The number of anilines is 1. The lowest BCUT2D eigenvalue weighted by Crippen LogP contribution is -2.36. The van der Waals surface area contributed by atoms with Gasteiger partial charge >= 0.3 is 0 Å². The van der Waals surface area contributed by atoms with E-state index in [2.05, 4.69) is 5.10 Å². The van der Waals surface area contributed by atoms with Gasteiger partial charge in [0.2, 0.25) is 0 Å². The fraction of sp³-hybridized carbons (Fsp3) is 0.636. The highest BCUT2D eigenvalue weighted by atomic mass is 16.5. The van der Waals surface area contributed by atoms with Crippen molar-refractivity contribution in [3.8, 4) is 0 Å². The van der Waals surface area contributed by atoms with Crippen LogP contribution in [-0.4, -0.2) is 46.4 Å². The molecule has 1 aromatic rings. The number of nitrogen functional groups attached to an aromatic ring is 1. The molecule has 0 aromatic carbocycles. The van der Waals surface area contributed by atoms with Gasteiger partial charge in [-0.05, 0) is 13.3 Å². The van der Waals surface area contributed by atoms with E-state index in [0.717, 1.165) is 6.42 Å². The van der Waals surface area contributed by atoms with Crippen LogP contribution in [0.3, 0.4) is 0 Å². The van der Waals surface area contributed by atoms with Gasteiger partial charge in [0, 0.05) is 26.7 Å². The van der Waals surface area contributed by atoms with E-state index in [1.54, 1.807) is 11.9 Å². The molecule has 1 saturated heterocycles. The molecule has 0 aliphatic carbocycles. The monoisotopic (exact) mass is 238 g/mol. The van der Waals surface area contributed by atoms with Crippen molar-refractivity contribution in [1.29, 1.82) is 0 Å². The molecule has 0 radical (unpaired) electrons. The van der Waals surface area contributed by atoms with Gasteiger partial charge in [0.1, 0.15) is 11.4 Å². The molecule has 0 spiro atoms. The Balaban J connectivity index is 2.16. The smallest absolute Gasteiger partial charge is 0.259 e. The highest BCUT2D eigenvalue weighted by Crippen LogP contribution is 2.15. The summed E-state index contributed by atoms with van der Waals surface area (Å²) in [6, 6.07) is 0. The molecule has 2 N–H and O–H groups in total. The third kappa shape index (κ3) is 2.41. The molecule has 1 aliphatic rings. The Hall–Kier alpha value is -1.56. The molecule has 2 rings (SSSR count). The lowest BCUT2D eigenvalue weighted by atomic mass is 10.2. The lowest BCUT2D eigenvalue weighted by Gasteiger charge is -2.21. The lowest BCUT2D eigenvalue weighted by molar-refractivity contribution is 0.0563. The van der Waals surface area contributed by atoms with Crippen LogP contribution in [0, 0.1) is 0 Å². The quantitative estimate of drug-likeness (QED) is 0.761. The second-order valence-corrected chi connectivity index (χ2v) is 4.35. The molecule has 0 bridgehead atoms. The minimum atomic E-state index is -0.0621. The van der Waals surface area contributed by atoms with E-state index >= 15 is 0 Å². The minimum Gasteiger partial charge on any atom is -0.383 e. The maximum absolute atomic E-state index is 12.3. The van der Waals surface area contributed by atoms with Crippen LogP contribution in [0.5, 0.6) is 0 Å². The maximum atomic E-state index is 12.3. The van der Waals surface area contributed by atoms with Crippen LogP contribution in [0.1, 0.15) is 23.7 Å². The topological polar surface area (TPSA) is 73.4 Å². The Labute approximate surface area is 100 Å². The molecule has 1 unspecified atom stereocenters. The first kappa shape index (κ1) is 11.9. The number of aryl methyl sites for hydroxylation is 1. The zero-order chi connectivity index (χ0) is 12.4. The maximum Gasteiger partial charge on any atom is 0.259 e. The number of carbonyl (C=O) groups is 1. The Morgan fingerprint density at radius 1 is 1.65 bits per heavy atom. The predicted octanol–water partition coefficient (Wildman–Crippen LogP) is 0.253. The van der Waals surface area contributed by atoms with Crippen LogP contribution < -0.4 is 5.73 Å². The van der Waals surface area contributed by atoms with Crippen LogP contribution in [0.2, 0.25) is 0 Å². The number of amides is 1. The Morgan fingerprint density at radius 2 is 2.41 bits per heavy atom. The summed E-state index contributed by atoms with van der Waals surface area (Å²) >= 11 is 0. The summed E-state index contributed by atoms with van der Waals surface area (Å²) in [5.41, 5.74) is 6.28. The van der Waals surface area contributed by atoms with Gasteiger partial charge in [0.15, 0.2) is 0 Å². The number of nitrogens with zero attached hydrogens (tertiary/aromatic N) is 3. The normalized spacial score (nSPS) is 21.3. The van der Waals surface area contributed by atoms with Crippen LogP contribution in [0.15, 0.2) is 6.20 Å². The molecular weight excluding hydrogens is 220 g/mol. The third-order valence-corrected chi connectivity index (χ3v) is 2.95. The van der Waals surface area contributed by atoms with E-state index in [4.69, 9.17) is 10.5 Å². The Morgan fingerprint density at radius 3 is 3.06 bits per heavy atom. The number of carbonyl (C=O) groups excluding carboxylic acids is 1. The van der Waals surface area contributed by atoms with Gasteiger partial charge in [-0.1, -0.05) is 0 Å². The van der Waals surface area contributed by atoms with Gasteiger partial charge in [-0.2, -0.15) is 5.10 Å². The summed E-state index contributed by atoms with van der Waals surface area (Å²) in [5, 5.41) is 3.99. The predicted molar refractivity (Wildman–Crippen MR) is 63.6 cm³/mol. The molecular formula is C11H18N4O2. The average Bonchev–Trinajstić information content (AvgIpc) is 2.53. The van der Waals surface area contributed by atoms with Crippen molar-refractivity contribution < 1.29 is 9.53 Å². The number of hydrogen-bond acceptors (Lipinski definition) is 4. The minimum absolute atomic E-state index is 0.0621. The number of hydrogen-bond donors (Lipinski definition) is 1. The molecule has 2 heterocycles. The number of aromatic nitrogens is 2. The van der Waals surface area contributed by atoms with Gasteiger partial charge in [0.05, 0.1) is 12.3 Å². The van der Waals surface area contributed by atoms with E-state index in [1.807, 2.05) is 6.92 Å². The second kappa shape index (κ2) is 4.75. The first-order chi connectivity index (χ1) is 8.09. The van der Waals surface area contributed by atoms with Crippen LogP contribution in [0.25, 0.3) is 0 Å². The van der Waals surface area contributed by atoms with Gasteiger partial charge in [-0.15, -0.1) is 0 Å². The molecule has 0 saturated carbocycles. The zero-order valence-electron chi connectivity index (χ0n) is 10.2. The summed E-state index contributed by atoms with van der Waals surface area (Å²) in [6.45, 7) is 3.98. The first-order valence-corrected chi connectivity index (χ1v) is 5.78. The molecule has 6 nitrogen and oxygen atoms in total. The molecule has 94 valence electrons. The Bertz CT molecular complexity index is 416. The van der Waals surface area contributed by atoms with E-state index in [1.165, 1.54) is 10.9 Å². The van der Waals surface area contributed by atoms with E-state index in [9.17, 15) is 4.79 Å². The SMILES string of the molecule is CC1CN(C(=O)c2cnn(C)c2N)CCCO1. The molecule has 1 fully saturated rings. The van der Waals surface area contributed by atoms with Gasteiger partial charge in [-0.25, -0.2) is 0 Å². The van der Waals surface area contributed by atoms with Crippen LogP contribution in [0.4, 0.5) is 5.82 Å². The van der Waals surface area contributed by atoms with Crippen molar-refractivity contribution in [2.75, 3.05) is 25.4 Å². The van der Waals surface area contributed by atoms with Crippen LogP contribution >= 0.6 is 0 Å². The van der Waals surface area contributed by atoms with Gasteiger partial charge in [0.25, 0.3) is 5.91 Å². The molecule has 1 atom stereocenters. The molecule has 1 amide bonds. The third-order valence-electron chi connectivity index (χ3n) is 2.95. The number of ether oxygens (including phenoxy) is 1. The molecule has 17 heavy (non-hydrogen) atoms. The van der Waals surface area contributed by atoms with Crippen molar-refractivity contribution in [2.24, 2.45) is 7.05 Å². The van der Waals surface area contributed by atoms with Gasteiger partial charge < -0.3 is 15.4 Å². The summed E-state index contributed by atoms with van der Waals surface area (Å²) in [7, 11) is 1.72. The summed E-state index contributed by atoms with van der Waals surface area (Å²) in [5.74, 6) is 0.348. The second-order valence-electron chi connectivity index (χ2n) is 4.35. The summed E-state index contributed by atoms with van der Waals surface area (Å²) in [4.78, 5) is 14.1. The first-order valence-electron chi connectivity index (χ1n) is 5.78. The van der Waals surface area contributed by atoms with Crippen molar-refractivity contribution in [2.45, 2.75) is 19.4 Å². The molecule has 6 heteroatoms. The molecule has 1 aliphatic heterocycles. The summed E-state index contributed by atoms with van der Waals surface area (Å²) < 4.78 is 7.01. The van der Waals surface area contributed by atoms with E-state index in [0.29, 0.717) is 31.1 Å². The highest BCUT2D eigenvalue weighted by molar-refractivity contribution is 5.98. The van der Waals surface area contributed by atoms with Gasteiger partial charge in [-0.3, -0.25) is 9.48 Å². The van der Waals surface area contributed by atoms with Crippen molar-refractivity contribution >= 4 is 11.7 Å². The van der Waals surface area contributed by atoms with E-state index < -0.39 is 0 Å². The van der Waals surface area contributed by atoms with Crippen molar-refractivity contribution in [3.05, 3.63) is 11.8 Å². The fourth-order valence-electron chi connectivity index (χ4n) is 1.96. The number of rotatable bonds is 1. The fourth-order valence-corrected chi connectivity index (χ4v) is 1.96. The molecule has 1 aromatic heterocycles. The summed E-state index contributed by atoms with van der Waals surface area (Å²) in [6.07, 6.45) is 2.45. The van der Waals surface area contributed by atoms with E-state index in [-0.39, 0.29) is 12.0 Å². The van der Waals surface area contributed by atoms with Crippen molar-refractivity contribution in [3.63, 3.8) is 0 Å². The largest absolute Gasteiger partial charge is 0.383 e. The highest BCUT2D eigenvalue weighted by Gasteiger charge is 2.23.